The molecule has 160 valence electrons. The molecule has 4 rings (SSSR count). The average molecular weight is 420 g/mol. The standard InChI is InChI=1S/C23H24N4O4/c1-26-12-11-24-23(26)22(16-6-5-7-17(14-16)30-2)25-20(28)15-27-18-8-3-4-9-19(18)31-13-10-21(27)29/h3-9,11-12,14,22H,10,13,15H2,1-2H3,(H,25,28). The first kappa shape index (κ1) is 20.5. The minimum absolute atomic E-state index is 0.121. The zero-order chi connectivity index (χ0) is 21.8. The van der Waals surface area contributed by atoms with Gasteiger partial charge in [0.05, 0.1) is 25.8 Å². The predicted octanol–water partition coefficient (Wildman–Crippen LogP) is 2.45. The molecule has 0 spiro atoms. The van der Waals surface area contributed by atoms with Crippen molar-refractivity contribution in [1.29, 1.82) is 0 Å². The van der Waals surface area contributed by atoms with E-state index in [1.807, 2.05) is 54.2 Å². The largest absolute Gasteiger partial charge is 0.497 e. The molecule has 2 heterocycles. The molecule has 1 N–H and O–H groups in total. The average Bonchev–Trinajstić information content (AvgIpc) is 3.14. The lowest BCUT2D eigenvalue weighted by atomic mass is 10.1. The molecule has 3 aromatic rings. The number of nitrogens with one attached hydrogen (secondary N) is 1. The molecule has 0 saturated heterocycles. The third-order valence-corrected chi connectivity index (χ3v) is 5.18. The SMILES string of the molecule is COc1cccc(C(NC(=O)CN2C(=O)CCOc3ccccc32)c2nccn2C)c1. The summed E-state index contributed by atoms with van der Waals surface area (Å²) in [5, 5.41) is 3.03. The summed E-state index contributed by atoms with van der Waals surface area (Å²) in [4.78, 5) is 31.7. The van der Waals surface area contributed by atoms with Gasteiger partial charge in [-0.05, 0) is 29.8 Å². The summed E-state index contributed by atoms with van der Waals surface area (Å²) < 4.78 is 12.9. The van der Waals surface area contributed by atoms with E-state index in [1.165, 1.54) is 4.90 Å². The third kappa shape index (κ3) is 4.37. The van der Waals surface area contributed by atoms with Crippen molar-refractivity contribution in [3.05, 3.63) is 72.3 Å². The van der Waals surface area contributed by atoms with Crippen LogP contribution in [0.4, 0.5) is 5.69 Å². The van der Waals surface area contributed by atoms with E-state index in [1.54, 1.807) is 25.4 Å². The number of fused-ring (bicyclic) bond motifs is 1. The molecule has 0 aliphatic carbocycles. The number of nitrogens with zero attached hydrogens (tertiary/aromatic N) is 3. The number of ether oxygens (including phenoxy) is 2. The number of aromatic nitrogens is 2. The molecule has 8 nitrogen and oxygen atoms in total. The first-order valence-electron chi connectivity index (χ1n) is 9.99. The number of anilines is 1. The highest BCUT2D eigenvalue weighted by Crippen LogP contribution is 2.31. The molecule has 31 heavy (non-hydrogen) atoms. The molecule has 0 saturated carbocycles. The first-order chi connectivity index (χ1) is 15.1. The van der Waals surface area contributed by atoms with E-state index >= 15 is 0 Å². The van der Waals surface area contributed by atoms with Gasteiger partial charge in [0.1, 0.15) is 29.9 Å². The highest BCUT2D eigenvalue weighted by atomic mass is 16.5. The van der Waals surface area contributed by atoms with Crippen molar-refractivity contribution in [2.45, 2.75) is 12.5 Å². The van der Waals surface area contributed by atoms with Crippen LogP contribution in [0.5, 0.6) is 11.5 Å². The van der Waals surface area contributed by atoms with E-state index in [-0.39, 0.29) is 31.4 Å². The van der Waals surface area contributed by atoms with Gasteiger partial charge in [0.2, 0.25) is 11.8 Å². The van der Waals surface area contributed by atoms with Crippen LogP contribution < -0.4 is 19.7 Å². The van der Waals surface area contributed by atoms with Crippen LogP contribution in [-0.4, -0.2) is 41.6 Å². The quantitative estimate of drug-likeness (QED) is 0.662. The lowest BCUT2D eigenvalue weighted by molar-refractivity contribution is -0.124. The highest BCUT2D eigenvalue weighted by molar-refractivity contribution is 6.00. The van der Waals surface area contributed by atoms with Gasteiger partial charge >= 0.3 is 0 Å². The molecule has 1 atom stereocenters. The van der Waals surface area contributed by atoms with E-state index in [2.05, 4.69) is 10.3 Å². The molecule has 1 aromatic heterocycles. The Hall–Kier alpha value is -3.81. The van der Waals surface area contributed by atoms with Crippen LogP contribution in [0.15, 0.2) is 60.9 Å². The Morgan fingerprint density at radius 2 is 2.10 bits per heavy atom. The van der Waals surface area contributed by atoms with Crippen molar-refractivity contribution >= 4 is 17.5 Å². The number of hydrogen-bond donors (Lipinski definition) is 1. The molecule has 2 amide bonds. The molecular formula is C23H24N4O4. The smallest absolute Gasteiger partial charge is 0.240 e. The Kier molecular flexibility index (Phi) is 5.88. The van der Waals surface area contributed by atoms with Crippen molar-refractivity contribution in [1.82, 2.24) is 14.9 Å². The van der Waals surface area contributed by atoms with E-state index in [0.29, 0.717) is 23.0 Å². The number of aryl methyl sites for hydroxylation is 1. The van der Waals surface area contributed by atoms with Crippen LogP contribution in [0.1, 0.15) is 23.9 Å². The predicted molar refractivity (Wildman–Crippen MR) is 115 cm³/mol. The summed E-state index contributed by atoms with van der Waals surface area (Å²) >= 11 is 0. The lowest BCUT2D eigenvalue weighted by Gasteiger charge is -2.24. The number of rotatable bonds is 6. The fourth-order valence-corrected chi connectivity index (χ4v) is 3.62. The number of hydrogen-bond acceptors (Lipinski definition) is 5. The van der Waals surface area contributed by atoms with Crippen molar-refractivity contribution < 1.29 is 19.1 Å². The maximum absolute atomic E-state index is 13.1. The van der Waals surface area contributed by atoms with Crippen molar-refractivity contribution in [2.24, 2.45) is 7.05 Å². The maximum Gasteiger partial charge on any atom is 0.240 e. The van der Waals surface area contributed by atoms with Crippen molar-refractivity contribution in [3.63, 3.8) is 0 Å². The second-order valence-electron chi connectivity index (χ2n) is 7.22. The molecule has 1 unspecified atom stereocenters. The topological polar surface area (TPSA) is 85.7 Å². The minimum atomic E-state index is -0.504. The number of methoxy groups -OCH3 is 1. The Morgan fingerprint density at radius 1 is 1.26 bits per heavy atom. The number of para-hydroxylation sites is 2. The van der Waals surface area contributed by atoms with Gasteiger partial charge in [-0.1, -0.05) is 24.3 Å². The lowest BCUT2D eigenvalue weighted by Crippen LogP contribution is -2.42. The number of imidazole rings is 1. The fourth-order valence-electron chi connectivity index (χ4n) is 3.62. The molecule has 8 heteroatoms. The van der Waals surface area contributed by atoms with Crippen LogP contribution >= 0.6 is 0 Å². The summed E-state index contributed by atoms with van der Waals surface area (Å²) in [5.74, 6) is 1.48. The van der Waals surface area contributed by atoms with Gasteiger partial charge < -0.3 is 19.4 Å². The molecule has 0 fully saturated rings. The van der Waals surface area contributed by atoms with Crippen molar-refractivity contribution in [3.8, 4) is 11.5 Å². The van der Waals surface area contributed by atoms with E-state index in [9.17, 15) is 9.59 Å². The molecule has 0 radical (unpaired) electrons. The summed E-state index contributed by atoms with van der Waals surface area (Å²) in [6.45, 7) is 0.164. The van der Waals surface area contributed by atoms with Crippen LogP contribution in [-0.2, 0) is 16.6 Å². The minimum Gasteiger partial charge on any atom is -0.497 e. The number of carbonyl (C=O) groups is 2. The molecule has 1 aliphatic rings. The van der Waals surface area contributed by atoms with Gasteiger partial charge in [-0.25, -0.2) is 4.98 Å². The van der Waals surface area contributed by atoms with Crippen LogP contribution in [0, 0.1) is 0 Å². The van der Waals surface area contributed by atoms with Gasteiger partial charge in [-0.3, -0.25) is 14.5 Å². The number of benzene rings is 2. The molecule has 1 aliphatic heterocycles. The summed E-state index contributed by atoms with van der Waals surface area (Å²) in [6, 6.07) is 14.2. The Labute approximate surface area is 180 Å². The van der Waals surface area contributed by atoms with E-state index in [0.717, 1.165) is 5.56 Å². The second-order valence-corrected chi connectivity index (χ2v) is 7.22. The molecule has 2 aromatic carbocycles. The van der Waals surface area contributed by atoms with Gasteiger partial charge in [0, 0.05) is 19.4 Å². The normalized spacial score (nSPS) is 14.3. The second kappa shape index (κ2) is 8.91. The zero-order valence-electron chi connectivity index (χ0n) is 17.4. The van der Waals surface area contributed by atoms with Gasteiger partial charge in [0.25, 0.3) is 0 Å². The monoisotopic (exact) mass is 420 g/mol. The highest BCUT2D eigenvalue weighted by Gasteiger charge is 2.27. The zero-order valence-corrected chi connectivity index (χ0v) is 17.4. The molecular weight excluding hydrogens is 396 g/mol. The first-order valence-corrected chi connectivity index (χ1v) is 9.99. The Balaban J connectivity index is 1.61. The Morgan fingerprint density at radius 3 is 2.87 bits per heavy atom. The van der Waals surface area contributed by atoms with Gasteiger partial charge in [0.15, 0.2) is 0 Å². The van der Waals surface area contributed by atoms with Gasteiger partial charge in [-0.15, -0.1) is 0 Å². The van der Waals surface area contributed by atoms with Crippen LogP contribution in [0.25, 0.3) is 0 Å². The summed E-state index contributed by atoms with van der Waals surface area (Å²) in [5.41, 5.74) is 1.42. The number of amides is 2. The van der Waals surface area contributed by atoms with Crippen LogP contribution in [0.2, 0.25) is 0 Å². The van der Waals surface area contributed by atoms with Crippen molar-refractivity contribution in [2.75, 3.05) is 25.2 Å². The fraction of sp³-hybridized carbons (Fsp3) is 0.261. The summed E-state index contributed by atoms with van der Waals surface area (Å²) in [6.07, 6.45) is 3.71. The third-order valence-electron chi connectivity index (χ3n) is 5.18. The molecule has 0 bridgehead atoms. The summed E-state index contributed by atoms with van der Waals surface area (Å²) in [7, 11) is 3.46. The number of carbonyl (C=O) groups excluding carboxylic acids is 2. The van der Waals surface area contributed by atoms with Gasteiger partial charge in [-0.2, -0.15) is 0 Å². The maximum atomic E-state index is 13.1. The van der Waals surface area contributed by atoms with Crippen LogP contribution in [0.3, 0.4) is 0 Å². The van der Waals surface area contributed by atoms with E-state index in [4.69, 9.17) is 9.47 Å². The Bertz CT molecular complexity index is 1090. The van der Waals surface area contributed by atoms with E-state index < -0.39 is 6.04 Å².